The van der Waals surface area contributed by atoms with E-state index in [0.29, 0.717) is 10.7 Å². The van der Waals surface area contributed by atoms with Crippen LogP contribution in [0.4, 0.5) is 15.8 Å². The predicted octanol–water partition coefficient (Wildman–Crippen LogP) is 4.38. The predicted molar refractivity (Wildman–Crippen MR) is 66.6 cm³/mol. The van der Waals surface area contributed by atoms with Crippen LogP contribution in [0.2, 0.25) is 5.02 Å². The molecule has 0 fully saturated rings. The molecule has 0 saturated heterocycles. The average molecular weight is 302 g/mol. The second-order valence-electron chi connectivity index (χ2n) is 3.09. The monoisotopic (exact) mass is 300 g/mol. The van der Waals surface area contributed by atoms with Crippen molar-refractivity contribution in [2.24, 2.45) is 0 Å². The third-order valence-electron chi connectivity index (χ3n) is 1.96. The van der Waals surface area contributed by atoms with Gasteiger partial charge in [-0.25, -0.2) is 4.98 Å². The first-order chi connectivity index (χ1) is 7.66. The first kappa shape index (κ1) is 11.4. The van der Waals surface area contributed by atoms with Crippen LogP contribution in [-0.4, -0.2) is 4.98 Å². The van der Waals surface area contributed by atoms with Crippen molar-refractivity contribution >= 4 is 38.9 Å². The number of hydrogen-bond acceptors (Lipinski definition) is 2. The lowest BCUT2D eigenvalue weighted by molar-refractivity contribution is 0.584. The minimum Gasteiger partial charge on any atom is -0.354 e. The minimum absolute atomic E-state index is 0.525. The topological polar surface area (TPSA) is 24.9 Å². The zero-order chi connectivity index (χ0) is 11.5. The summed E-state index contributed by atoms with van der Waals surface area (Å²) in [7, 11) is 0. The van der Waals surface area contributed by atoms with Gasteiger partial charge in [0, 0.05) is 18.0 Å². The number of nitrogens with zero attached hydrogens (tertiary/aromatic N) is 1. The van der Waals surface area contributed by atoms with Crippen molar-refractivity contribution in [3.63, 3.8) is 0 Å². The molecule has 0 unspecified atom stereocenters. The number of aromatic nitrogens is 1. The molecule has 1 N–H and O–H groups in total. The van der Waals surface area contributed by atoms with Crippen molar-refractivity contribution in [3.05, 3.63) is 52.0 Å². The summed E-state index contributed by atoms with van der Waals surface area (Å²) in [6.07, 6.45) is 1.40. The van der Waals surface area contributed by atoms with E-state index in [2.05, 4.69) is 26.2 Å². The molecule has 0 spiro atoms. The highest BCUT2D eigenvalue weighted by atomic mass is 79.9. The lowest BCUT2D eigenvalue weighted by Gasteiger charge is -2.09. The van der Waals surface area contributed by atoms with Crippen molar-refractivity contribution < 1.29 is 4.39 Å². The van der Waals surface area contributed by atoms with Gasteiger partial charge in [-0.3, -0.25) is 0 Å². The Morgan fingerprint density at radius 2 is 2.12 bits per heavy atom. The van der Waals surface area contributed by atoms with E-state index in [-0.39, 0.29) is 0 Å². The normalized spacial score (nSPS) is 10.2. The summed E-state index contributed by atoms with van der Waals surface area (Å²) in [5.41, 5.74) is 1.40. The van der Waals surface area contributed by atoms with Gasteiger partial charge in [0.2, 0.25) is 5.95 Å². The van der Waals surface area contributed by atoms with Gasteiger partial charge in [-0.2, -0.15) is 4.39 Å². The van der Waals surface area contributed by atoms with Gasteiger partial charge in [0.15, 0.2) is 0 Å². The number of pyridine rings is 1. The second-order valence-corrected chi connectivity index (χ2v) is 4.29. The zero-order valence-corrected chi connectivity index (χ0v) is 10.4. The Bertz CT molecular complexity index is 519. The van der Waals surface area contributed by atoms with Gasteiger partial charge < -0.3 is 5.32 Å². The molecule has 0 aliphatic rings. The molecule has 0 amide bonds. The van der Waals surface area contributed by atoms with Crippen molar-refractivity contribution in [1.29, 1.82) is 0 Å². The van der Waals surface area contributed by atoms with Gasteiger partial charge in [-0.15, -0.1) is 0 Å². The molecule has 1 heterocycles. The molecule has 0 bridgehead atoms. The molecule has 1 aromatic carbocycles. The maximum absolute atomic E-state index is 12.9. The van der Waals surface area contributed by atoms with Crippen molar-refractivity contribution in [2.45, 2.75) is 0 Å². The fourth-order valence-electron chi connectivity index (χ4n) is 1.24. The first-order valence-electron chi connectivity index (χ1n) is 4.49. The van der Waals surface area contributed by atoms with Crippen LogP contribution in [0.1, 0.15) is 0 Å². The quantitative estimate of drug-likeness (QED) is 0.833. The maximum Gasteiger partial charge on any atom is 0.214 e. The van der Waals surface area contributed by atoms with E-state index in [4.69, 9.17) is 11.6 Å². The largest absolute Gasteiger partial charge is 0.354 e. The van der Waals surface area contributed by atoms with E-state index >= 15 is 0 Å². The van der Waals surface area contributed by atoms with Crippen LogP contribution in [0.5, 0.6) is 0 Å². The molecule has 0 atom stereocenters. The minimum atomic E-state index is -0.525. The number of benzene rings is 1. The van der Waals surface area contributed by atoms with Gasteiger partial charge in [0.25, 0.3) is 0 Å². The molecule has 0 aliphatic heterocycles. The number of nitrogens with one attached hydrogen (secondary N) is 1. The summed E-state index contributed by atoms with van der Waals surface area (Å²) in [4.78, 5) is 3.48. The summed E-state index contributed by atoms with van der Waals surface area (Å²) >= 11 is 9.29. The Balaban J connectivity index is 2.31. The average Bonchev–Trinajstić information content (AvgIpc) is 2.25. The summed E-state index contributed by atoms with van der Waals surface area (Å²) in [5.74, 6) is -0.525. The fourth-order valence-corrected chi connectivity index (χ4v) is 1.77. The van der Waals surface area contributed by atoms with Crippen molar-refractivity contribution in [1.82, 2.24) is 4.98 Å². The van der Waals surface area contributed by atoms with E-state index in [1.165, 1.54) is 12.3 Å². The van der Waals surface area contributed by atoms with Gasteiger partial charge in [0.1, 0.15) is 0 Å². The molecule has 16 heavy (non-hydrogen) atoms. The van der Waals surface area contributed by atoms with E-state index < -0.39 is 5.95 Å². The molecule has 0 aliphatic carbocycles. The highest BCUT2D eigenvalue weighted by Crippen LogP contribution is 2.31. The Kier molecular flexibility index (Phi) is 3.41. The number of hydrogen-bond donors (Lipinski definition) is 1. The molecule has 2 nitrogen and oxygen atoms in total. The molecule has 1 aromatic heterocycles. The summed E-state index contributed by atoms with van der Waals surface area (Å²) in [6, 6.07) is 8.41. The van der Waals surface area contributed by atoms with E-state index in [1.54, 1.807) is 12.1 Å². The van der Waals surface area contributed by atoms with Crippen LogP contribution in [0, 0.1) is 5.95 Å². The highest BCUT2D eigenvalue weighted by molar-refractivity contribution is 9.10. The molecule has 82 valence electrons. The molecule has 2 rings (SSSR count). The van der Waals surface area contributed by atoms with Crippen LogP contribution in [0.25, 0.3) is 0 Å². The number of anilines is 2. The Morgan fingerprint density at radius 1 is 1.31 bits per heavy atom. The zero-order valence-electron chi connectivity index (χ0n) is 8.05. The van der Waals surface area contributed by atoms with Gasteiger partial charge in [-0.05, 0) is 34.1 Å². The summed E-state index contributed by atoms with van der Waals surface area (Å²) in [6.45, 7) is 0. The second kappa shape index (κ2) is 4.80. The Hall–Kier alpha value is -1.13. The SMILES string of the molecule is Fc1cc(Nc2cccc(Cl)c2Br)ccn1. The lowest BCUT2D eigenvalue weighted by Crippen LogP contribution is -1.93. The lowest BCUT2D eigenvalue weighted by atomic mass is 10.3. The van der Waals surface area contributed by atoms with Crippen molar-refractivity contribution in [3.8, 4) is 0 Å². The highest BCUT2D eigenvalue weighted by Gasteiger charge is 2.04. The summed E-state index contributed by atoms with van der Waals surface area (Å²) < 4.78 is 13.6. The van der Waals surface area contributed by atoms with Gasteiger partial charge in [0.05, 0.1) is 15.2 Å². The molecular weight excluding hydrogens is 294 g/mol. The summed E-state index contributed by atoms with van der Waals surface area (Å²) in [5, 5.41) is 3.64. The van der Waals surface area contributed by atoms with Crippen LogP contribution in [0.15, 0.2) is 41.0 Å². The van der Waals surface area contributed by atoms with E-state index in [0.717, 1.165) is 10.2 Å². The van der Waals surface area contributed by atoms with E-state index in [1.807, 2.05) is 12.1 Å². The third-order valence-corrected chi connectivity index (χ3v) is 3.35. The molecule has 0 saturated carbocycles. The Labute approximate surface area is 106 Å². The fraction of sp³-hybridized carbons (Fsp3) is 0. The number of halogens is 3. The smallest absolute Gasteiger partial charge is 0.214 e. The van der Waals surface area contributed by atoms with Crippen LogP contribution >= 0.6 is 27.5 Å². The maximum atomic E-state index is 12.9. The standard InChI is InChI=1S/C11H7BrClFN2/c12-11-8(13)2-1-3-9(11)16-7-4-5-15-10(14)6-7/h1-6H,(H,15,16). The first-order valence-corrected chi connectivity index (χ1v) is 5.66. The van der Waals surface area contributed by atoms with Crippen LogP contribution < -0.4 is 5.32 Å². The van der Waals surface area contributed by atoms with Gasteiger partial charge in [-0.1, -0.05) is 17.7 Å². The van der Waals surface area contributed by atoms with E-state index in [9.17, 15) is 4.39 Å². The molecule has 2 aromatic rings. The Morgan fingerprint density at radius 3 is 2.88 bits per heavy atom. The molecule has 0 radical (unpaired) electrons. The number of rotatable bonds is 2. The van der Waals surface area contributed by atoms with Crippen molar-refractivity contribution in [2.75, 3.05) is 5.32 Å². The van der Waals surface area contributed by atoms with Crippen LogP contribution in [-0.2, 0) is 0 Å². The molecule has 5 heteroatoms. The third kappa shape index (κ3) is 2.51. The van der Waals surface area contributed by atoms with Gasteiger partial charge >= 0.3 is 0 Å². The molecular formula is C11H7BrClFN2. The van der Waals surface area contributed by atoms with Crippen LogP contribution in [0.3, 0.4) is 0 Å².